The smallest absolute Gasteiger partial charge is 0.236 e. The van der Waals surface area contributed by atoms with Crippen LogP contribution in [-0.4, -0.2) is 32.0 Å². The molecule has 1 aromatic carbocycles. The Morgan fingerprint density at radius 1 is 1.40 bits per heavy atom. The van der Waals surface area contributed by atoms with Crippen molar-refractivity contribution in [2.24, 2.45) is 0 Å². The fourth-order valence-corrected chi connectivity index (χ4v) is 2.57. The first kappa shape index (κ1) is 17.3. The van der Waals surface area contributed by atoms with Gasteiger partial charge in [-0.15, -0.1) is 5.10 Å². The Bertz CT molecular complexity index is 849. The van der Waals surface area contributed by atoms with Gasteiger partial charge in [0.15, 0.2) is 11.6 Å². The van der Waals surface area contributed by atoms with Crippen LogP contribution < -0.4 is 10.1 Å². The summed E-state index contributed by atoms with van der Waals surface area (Å²) in [6, 6.07) is 8.66. The Hall–Kier alpha value is -2.52. The van der Waals surface area contributed by atoms with Crippen molar-refractivity contribution >= 4 is 35.1 Å². The molecule has 0 saturated heterocycles. The van der Waals surface area contributed by atoms with E-state index in [1.165, 1.54) is 11.8 Å². The molecule has 1 amide bonds. The van der Waals surface area contributed by atoms with Gasteiger partial charge in [0.1, 0.15) is 18.1 Å². The first-order chi connectivity index (χ1) is 12.1. The number of halogens is 1. The number of thioether (sulfide) groups is 1. The van der Waals surface area contributed by atoms with Gasteiger partial charge in [-0.2, -0.15) is 0 Å². The zero-order valence-corrected chi connectivity index (χ0v) is 14.7. The summed E-state index contributed by atoms with van der Waals surface area (Å²) in [7, 11) is 0. The fourth-order valence-electron chi connectivity index (χ4n) is 1.82. The van der Waals surface area contributed by atoms with Crippen molar-refractivity contribution in [1.82, 2.24) is 20.3 Å². The molecule has 0 aliphatic carbocycles. The highest BCUT2D eigenvalue weighted by Gasteiger charge is 2.10. The van der Waals surface area contributed by atoms with E-state index in [1.807, 2.05) is 0 Å². The lowest BCUT2D eigenvalue weighted by Gasteiger charge is -2.03. The topological polar surface area (TPSA) is 106 Å². The summed E-state index contributed by atoms with van der Waals surface area (Å²) >= 11 is 7.02. The molecule has 0 bridgehead atoms. The van der Waals surface area contributed by atoms with Crippen LogP contribution in [0.4, 0.5) is 5.82 Å². The number of aryl methyl sites for hydroxylation is 1. The van der Waals surface area contributed by atoms with Gasteiger partial charge in [-0.1, -0.05) is 28.5 Å². The Morgan fingerprint density at radius 2 is 2.20 bits per heavy atom. The number of carbonyl (C=O) groups is 1. The number of benzene rings is 1. The summed E-state index contributed by atoms with van der Waals surface area (Å²) in [6.07, 6.45) is 0. The summed E-state index contributed by atoms with van der Waals surface area (Å²) in [4.78, 5) is 16.1. The third kappa shape index (κ3) is 5.23. The average Bonchev–Trinajstić information content (AvgIpc) is 3.21. The summed E-state index contributed by atoms with van der Waals surface area (Å²) in [5.41, 5.74) is 0. The predicted octanol–water partition coefficient (Wildman–Crippen LogP) is 3.06. The molecule has 0 aliphatic rings. The number of H-pyrrole nitrogens is 1. The van der Waals surface area contributed by atoms with Crippen molar-refractivity contribution in [2.45, 2.75) is 18.7 Å². The molecule has 2 N–H and O–H groups in total. The average molecular weight is 380 g/mol. The fraction of sp³-hybridized carbons (Fsp3) is 0.200. The normalized spacial score (nSPS) is 10.6. The summed E-state index contributed by atoms with van der Waals surface area (Å²) in [5, 5.41) is 14.2. The zero-order valence-electron chi connectivity index (χ0n) is 13.2. The zero-order chi connectivity index (χ0) is 17.6. The number of aromatic amines is 1. The van der Waals surface area contributed by atoms with Crippen LogP contribution >= 0.6 is 23.4 Å². The molecule has 8 nitrogen and oxygen atoms in total. The number of rotatable bonds is 7. The van der Waals surface area contributed by atoms with Crippen molar-refractivity contribution in [3.05, 3.63) is 46.9 Å². The van der Waals surface area contributed by atoms with Crippen molar-refractivity contribution in [3.63, 3.8) is 0 Å². The standard InChI is InChI=1S/C15H14ClN5O3S/c1-9-6-12(21-24-9)17-14(22)8-25-15-18-13(19-20-15)7-23-11-4-2-10(16)3-5-11/h2-6H,7-8H2,1H3,(H,17,21,22)(H,18,19,20). The Kier molecular flexibility index (Phi) is 5.56. The summed E-state index contributed by atoms with van der Waals surface area (Å²) < 4.78 is 10.4. The third-order valence-electron chi connectivity index (χ3n) is 2.93. The maximum atomic E-state index is 11.8. The molecule has 130 valence electrons. The first-order valence-corrected chi connectivity index (χ1v) is 8.60. The molecular formula is C15H14ClN5O3S. The number of amides is 1. The molecule has 0 radical (unpaired) electrons. The number of nitrogens with zero attached hydrogens (tertiary/aromatic N) is 3. The van der Waals surface area contributed by atoms with Gasteiger partial charge in [0.25, 0.3) is 0 Å². The summed E-state index contributed by atoms with van der Waals surface area (Å²) in [5.74, 6) is 2.18. The number of carbonyl (C=O) groups excluding carboxylic acids is 1. The van der Waals surface area contributed by atoms with Crippen LogP contribution in [0.15, 0.2) is 40.0 Å². The monoisotopic (exact) mass is 379 g/mol. The lowest BCUT2D eigenvalue weighted by molar-refractivity contribution is -0.113. The molecule has 0 atom stereocenters. The van der Waals surface area contributed by atoms with Gasteiger partial charge in [0.05, 0.1) is 5.75 Å². The Balaban J connectivity index is 1.44. The molecular weight excluding hydrogens is 366 g/mol. The molecule has 0 aliphatic heterocycles. The van der Waals surface area contributed by atoms with Crippen molar-refractivity contribution < 1.29 is 14.1 Å². The molecule has 0 fully saturated rings. The molecule has 2 aromatic heterocycles. The minimum absolute atomic E-state index is 0.154. The SMILES string of the molecule is Cc1cc(NC(=O)CSc2n[nH]c(COc3ccc(Cl)cc3)n2)no1. The minimum atomic E-state index is -0.220. The Labute approximate surface area is 152 Å². The highest BCUT2D eigenvalue weighted by molar-refractivity contribution is 7.99. The number of anilines is 1. The van der Waals surface area contributed by atoms with Gasteiger partial charge in [0.2, 0.25) is 11.1 Å². The molecule has 0 spiro atoms. The minimum Gasteiger partial charge on any atom is -0.486 e. The predicted molar refractivity (Wildman–Crippen MR) is 92.8 cm³/mol. The summed E-state index contributed by atoms with van der Waals surface area (Å²) in [6.45, 7) is 1.98. The van der Waals surface area contributed by atoms with Gasteiger partial charge in [0, 0.05) is 11.1 Å². The second kappa shape index (κ2) is 8.04. The number of aromatic nitrogens is 4. The van der Waals surface area contributed by atoms with Gasteiger partial charge < -0.3 is 14.6 Å². The van der Waals surface area contributed by atoms with Crippen molar-refractivity contribution in [1.29, 1.82) is 0 Å². The quantitative estimate of drug-likeness (QED) is 0.607. The van der Waals surface area contributed by atoms with Crippen LogP contribution in [0, 0.1) is 6.92 Å². The maximum Gasteiger partial charge on any atom is 0.236 e. The van der Waals surface area contributed by atoms with E-state index in [9.17, 15) is 4.79 Å². The molecule has 3 rings (SSSR count). The number of ether oxygens (including phenoxy) is 1. The van der Waals surface area contributed by atoms with Crippen LogP contribution in [0.3, 0.4) is 0 Å². The largest absolute Gasteiger partial charge is 0.486 e. The van der Waals surface area contributed by atoms with Crippen molar-refractivity contribution in [2.75, 3.05) is 11.1 Å². The third-order valence-corrected chi connectivity index (χ3v) is 4.03. The van der Waals surface area contributed by atoms with E-state index in [0.717, 1.165) is 0 Å². The van der Waals surface area contributed by atoms with E-state index in [-0.39, 0.29) is 18.3 Å². The van der Waals surface area contributed by atoms with Gasteiger partial charge in [-0.3, -0.25) is 9.89 Å². The number of nitrogens with one attached hydrogen (secondary N) is 2. The van der Waals surface area contributed by atoms with E-state index in [4.69, 9.17) is 20.9 Å². The lowest BCUT2D eigenvalue weighted by atomic mass is 10.3. The molecule has 0 saturated carbocycles. The first-order valence-electron chi connectivity index (χ1n) is 7.24. The second-order valence-electron chi connectivity index (χ2n) is 4.97. The van der Waals surface area contributed by atoms with E-state index < -0.39 is 0 Å². The lowest BCUT2D eigenvalue weighted by Crippen LogP contribution is -2.14. The molecule has 3 aromatic rings. The van der Waals surface area contributed by atoms with Crippen LogP contribution in [0.1, 0.15) is 11.6 Å². The van der Waals surface area contributed by atoms with Crippen LogP contribution in [0.25, 0.3) is 0 Å². The highest BCUT2D eigenvalue weighted by atomic mass is 35.5. The van der Waals surface area contributed by atoms with Crippen molar-refractivity contribution in [3.8, 4) is 5.75 Å². The molecule has 0 unspecified atom stereocenters. The van der Waals surface area contributed by atoms with E-state index in [2.05, 4.69) is 25.7 Å². The highest BCUT2D eigenvalue weighted by Crippen LogP contribution is 2.17. The maximum absolute atomic E-state index is 11.8. The Morgan fingerprint density at radius 3 is 2.92 bits per heavy atom. The molecule has 2 heterocycles. The second-order valence-corrected chi connectivity index (χ2v) is 6.35. The van der Waals surface area contributed by atoms with Gasteiger partial charge in [-0.25, -0.2) is 4.98 Å². The van der Waals surface area contributed by atoms with Gasteiger partial charge in [-0.05, 0) is 31.2 Å². The van der Waals surface area contributed by atoms with Gasteiger partial charge >= 0.3 is 0 Å². The molecule has 10 heteroatoms. The van der Waals surface area contributed by atoms with E-state index >= 15 is 0 Å². The van der Waals surface area contributed by atoms with E-state index in [0.29, 0.717) is 33.3 Å². The van der Waals surface area contributed by atoms with Crippen LogP contribution in [0.2, 0.25) is 5.02 Å². The number of hydrogen-bond donors (Lipinski definition) is 2. The number of hydrogen-bond acceptors (Lipinski definition) is 7. The molecule has 25 heavy (non-hydrogen) atoms. The van der Waals surface area contributed by atoms with Crippen LogP contribution in [0.5, 0.6) is 5.75 Å². The van der Waals surface area contributed by atoms with Crippen LogP contribution in [-0.2, 0) is 11.4 Å². The van der Waals surface area contributed by atoms with E-state index in [1.54, 1.807) is 37.3 Å².